The molecule has 0 bridgehead atoms. The van der Waals surface area contributed by atoms with Crippen LogP contribution < -0.4 is 31.9 Å². The fourth-order valence-corrected chi connectivity index (χ4v) is 11.6. The molecule has 3 aliphatic rings. The summed E-state index contributed by atoms with van der Waals surface area (Å²) in [6, 6.07) is 18.7. The van der Waals surface area contributed by atoms with Gasteiger partial charge in [0.1, 0.15) is 0 Å². The molecule has 0 spiro atoms. The Kier molecular flexibility index (Phi) is 31.4. The van der Waals surface area contributed by atoms with E-state index in [0.29, 0.717) is 47.3 Å². The molecule has 8 heteroatoms. The van der Waals surface area contributed by atoms with E-state index in [9.17, 15) is 0 Å². The average Bonchev–Trinajstić information content (AvgIpc) is 3.64. The third kappa shape index (κ3) is 21.0. The molecule has 0 unspecified atom stereocenters. The molecule has 6 nitrogen and oxygen atoms in total. The van der Waals surface area contributed by atoms with E-state index in [2.05, 4.69) is 277 Å². The van der Waals surface area contributed by atoms with Crippen LogP contribution in [0.4, 0.5) is 22.7 Å². The minimum Gasteiger partial charge on any atom is -0.357 e. The number of aryl methyl sites for hydroxylation is 4. The monoisotopic (exact) mass is 1390 g/mol. The van der Waals surface area contributed by atoms with Crippen molar-refractivity contribution in [3.8, 4) is 0 Å². The van der Waals surface area contributed by atoms with Crippen LogP contribution in [0.3, 0.4) is 0 Å². The van der Waals surface area contributed by atoms with E-state index in [1.807, 2.05) is 0 Å². The summed E-state index contributed by atoms with van der Waals surface area (Å²) in [6.07, 6.45) is 20.2. The minimum absolute atomic E-state index is 0. The van der Waals surface area contributed by atoms with Gasteiger partial charge in [-0.05, 0) is 159 Å². The second-order valence-corrected chi connectivity index (χ2v) is 26.7. The minimum atomic E-state index is 0. The summed E-state index contributed by atoms with van der Waals surface area (Å²) in [6.45, 7) is 54.1. The first-order chi connectivity index (χ1) is 38.6. The molecular weight excluding hydrogens is 1290 g/mol. The fraction of sp³-hybridized carbons (Fsp3) is 0.513. The van der Waals surface area contributed by atoms with E-state index < -0.39 is 0 Å². The molecule has 6 N–H and O–H groups in total. The molecule has 0 saturated heterocycles. The number of hydrogen-bond donors (Lipinski definition) is 6. The van der Waals surface area contributed by atoms with Gasteiger partial charge in [0.25, 0.3) is 0 Å². The summed E-state index contributed by atoms with van der Waals surface area (Å²) in [4.78, 5) is 0. The quantitative estimate of drug-likeness (QED) is 0.0628. The smallest absolute Gasteiger partial charge is 0.0572 e. The van der Waals surface area contributed by atoms with Crippen molar-refractivity contribution in [3.05, 3.63) is 192 Å². The zero-order valence-electron chi connectivity index (χ0n) is 57.1. The summed E-state index contributed by atoms with van der Waals surface area (Å²) in [5.74, 6) is 3.60. The zero-order valence-corrected chi connectivity index (χ0v) is 63.5. The van der Waals surface area contributed by atoms with Gasteiger partial charge in [-0.3, -0.25) is 0 Å². The fourth-order valence-electron chi connectivity index (χ4n) is 11.6. The maximum Gasteiger partial charge on any atom is 0.0572 e. The largest absolute Gasteiger partial charge is 0.357 e. The third-order valence-electron chi connectivity index (χ3n) is 16.4. The predicted octanol–water partition coefficient (Wildman–Crippen LogP) is 22.8. The summed E-state index contributed by atoms with van der Waals surface area (Å²) < 4.78 is 0. The van der Waals surface area contributed by atoms with Gasteiger partial charge in [0.2, 0.25) is 0 Å². The van der Waals surface area contributed by atoms with Crippen molar-refractivity contribution in [1.82, 2.24) is 10.6 Å². The topological polar surface area (TPSA) is 72.2 Å². The normalized spacial score (nSPS) is 16.6. The van der Waals surface area contributed by atoms with Gasteiger partial charge < -0.3 is 38.3 Å². The van der Waals surface area contributed by atoms with Gasteiger partial charge in [0, 0.05) is 151 Å². The Morgan fingerprint density at radius 3 is 0.738 bits per heavy atom. The van der Waals surface area contributed by atoms with E-state index in [0.717, 1.165) is 35.6 Å². The van der Waals surface area contributed by atoms with Crippen LogP contribution >= 0.6 is 0 Å². The molecule has 0 radical (unpaired) electrons. The van der Waals surface area contributed by atoms with E-state index in [1.54, 1.807) is 0 Å². The Morgan fingerprint density at radius 2 is 0.560 bits per heavy atom. The van der Waals surface area contributed by atoms with Crippen LogP contribution in [-0.4, -0.2) is 0 Å². The Bertz CT molecular complexity index is 2690. The Hall–Kier alpha value is -3.18. The molecule has 0 aromatic heterocycles. The standard InChI is InChI=1S/2C35H51N3.C6H11.2Nd/c2*1-20(2)28-16-24(9)17-29(21(3)4)34(28)36-26(11)32-14-13-15-33(38-32)27(12)37-35-30(22(5)6)18-25(10)19-31(35)23(7)8;1-2-4-6-5-3-1;;/h2*13-14,16-23,36-38H,15H2,1-12H3;1H,2-6H2;;/q;;-1;;. The molecule has 2 heterocycles. The van der Waals surface area contributed by atoms with Crippen molar-refractivity contribution >= 4 is 22.7 Å². The van der Waals surface area contributed by atoms with Gasteiger partial charge in [-0.2, -0.15) is 12.8 Å². The molecule has 0 atom stereocenters. The van der Waals surface area contributed by atoms with Gasteiger partial charge in [-0.25, -0.2) is 0 Å². The van der Waals surface area contributed by atoms with E-state index in [4.69, 9.17) is 0 Å². The summed E-state index contributed by atoms with van der Waals surface area (Å²) in [7, 11) is 0. The number of anilines is 4. The maximum atomic E-state index is 3.84. The van der Waals surface area contributed by atoms with Crippen LogP contribution in [0.1, 0.15) is 298 Å². The molecule has 7 rings (SSSR count). The van der Waals surface area contributed by atoms with Crippen molar-refractivity contribution < 1.29 is 81.7 Å². The van der Waals surface area contributed by atoms with Crippen molar-refractivity contribution in [2.75, 3.05) is 21.3 Å². The first-order valence-electron chi connectivity index (χ1n) is 31.7. The van der Waals surface area contributed by atoms with Gasteiger partial charge in [-0.15, -0.1) is 0 Å². The number of allylic oxidation sites excluding steroid dienone is 8. The van der Waals surface area contributed by atoms with Crippen molar-refractivity contribution in [2.45, 2.75) is 258 Å². The SMILES string of the molecule is CC(Nc1c(C(C)C)cc(C)cc1C(C)C)=C1C=CCC(=C(C)Nc2c(C(C)C)cc(C)cc2C(C)C)N1.CC(Nc1c(C(C)C)cc(C)cc1C(C)C)=C1C=CCC(=C(C)Nc2c(C(C)C)cc(C)cc2C(C)C)N1.[CH-]1CCCCC1.[Nd].[Nd]. The molecule has 84 heavy (non-hydrogen) atoms. The molecular formula is C76H113N6Nd2-. The van der Waals surface area contributed by atoms with Crippen LogP contribution in [0.5, 0.6) is 0 Å². The van der Waals surface area contributed by atoms with E-state index in [-0.39, 0.29) is 81.7 Å². The van der Waals surface area contributed by atoms with Crippen molar-refractivity contribution in [3.63, 3.8) is 0 Å². The second-order valence-electron chi connectivity index (χ2n) is 26.7. The third-order valence-corrected chi connectivity index (χ3v) is 16.4. The van der Waals surface area contributed by atoms with Crippen LogP contribution in [0.2, 0.25) is 0 Å². The number of benzene rings is 4. The van der Waals surface area contributed by atoms with Crippen LogP contribution in [0.15, 0.2) is 118 Å². The molecule has 1 aliphatic carbocycles. The molecule has 4 aromatic carbocycles. The van der Waals surface area contributed by atoms with Crippen LogP contribution in [0.25, 0.3) is 0 Å². The molecule has 4 aromatic rings. The predicted molar refractivity (Wildman–Crippen MR) is 364 cm³/mol. The van der Waals surface area contributed by atoms with E-state index >= 15 is 0 Å². The average molecular weight is 1400 g/mol. The number of hydrogen-bond acceptors (Lipinski definition) is 6. The van der Waals surface area contributed by atoms with Gasteiger partial charge in [0.05, 0.1) is 11.4 Å². The van der Waals surface area contributed by atoms with Gasteiger partial charge in [0.15, 0.2) is 0 Å². The molecule has 1 fully saturated rings. The Balaban J connectivity index is 0.000000390. The second kappa shape index (κ2) is 35.1. The maximum absolute atomic E-state index is 3.84. The van der Waals surface area contributed by atoms with Crippen molar-refractivity contribution in [2.24, 2.45) is 0 Å². The molecule has 1 saturated carbocycles. The first kappa shape index (κ1) is 75.1. The van der Waals surface area contributed by atoms with Crippen molar-refractivity contribution in [1.29, 1.82) is 0 Å². The first-order valence-corrected chi connectivity index (χ1v) is 31.7. The van der Waals surface area contributed by atoms with E-state index in [1.165, 1.54) is 144 Å². The molecule has 0 amide bonds. The summed E-state index contributed by atoms with van der Waals surface area (Å²) in [5, 5.41) is 22.9. The summed E-state index contributed by atoms with van der Waals surface area (Å²) >= 11 is 0. The van der Waals surface area contributed by atoms with Crippen LogP contribution in [-0.2, 0) is 0 Å². The van der Waals surface area contributed by atoms with Gasteiger partial charge in [-0.1, -0.05) is 213 Å². The summed E-state index contributed by atoms with van der Waals surface area (Å²) in [5.41, 5.74) is 30.7. The molecule has 456 valence electrons. The Labute approximate surface area is 580 Å². The number of nitrogens with one attached hydrogen (secondary N) is 6. The van der Waals surface area contributed by atoms with Crippen LogP contribution in [0, 0.1) is 116 Å². The zero-order chi connectivity index (χ0) is 60.9. The van der Waals surface area contributed by atoms with Gasteiger partial charge >= 0.3 is 0 Å². The Morgan fingerprint density at radius 1 is 0.345 bits per heavy atom. The molecule has 2 aliphatic heterocycles. The number of rotatable bonds is 16.